The Bertz CT molecular complexity index is 362. The van der Waals surface area contributed by atoms with Gasteiger partial charge in [-0.1, -0.05) is 25.1 Å². The third kappa shape index (κ3) is 2.52. The Morgan fingerprint density at radius 2 is 1.94 bits per heavy atom. The number of hydrogen-bond donors (Lipinski definition) is 1. The summed E-state index contributed by atoms with van der Waals surface area (Å²) in [5.74, 6) is -0.361. The summed E-state index contributed by atoms with van der Waals surface area (Å²) < 4.78 is 9.67. The molecule has 1 aromatic rings. The monoisotopic (exact) mass is 224 g/mol. The number of benzene rings is 1. The molecule has 88 valence electrons. The van der Waals surface area contributed by atoms with E-state index in [9.17, 15) is 9.90 Å². The fraction of sp³-hybridized carbons (Fsp3) is 0.417. The summed E-state index contributed by atoms with van der Waals surface area (Å²) in [7, 11) is 2.80. The second-order valence-corrected chi connectivity index (χ2v) is 3.50. The first-order chi connectivity index (χ1) is 7.61. The molecule has 0 amide bonds. The van der Waals surface area contributed by atoms with Gasteiger partial charge in [-0.15, -0.1) is 0 Å². The van der Waals surface area contributed by atoms with Crippen molar-refractivity contribution in [3.05, 3.63) is 29.8 Å². The van der Waals surface area contributed by atoms with E-state index in [1.807, 2.05) is 18.2 Å². The summed E-state index contributed by atoms with van der Waals surface area (Å²) in [4.78, 5) is 11.2. The number of carbonyl (C=O) groups excluding carboxylic acids is 1. The lowest BCUT2D eigenvalue weighted by Gasteiger charge is -2.19. The maximum Gasteiger partial charge on any atom is 0.335 e. The number of esters is 1. The van der Waals surface area contributed by atoms with Crippen LogP contribution in [0.25, 0.3) is 0 Å². The molecule has 4 heteroatoms. The highest BCUT2D eigenvalue weighted by Crippen LogP contribution is 2.28. The van der Waals surface area contributed by atoms with Crippen LogP contribution >= 0.6 is 0 Å². The summed E-state index contributed by atoms with van der Waals surface area (Å²) in [6.07, 6.45) is -1.18. The third-order valence-electron chi connectivity index (χ3n) is 2.55. The summed E-state index contributed by atoms with van der Waals surface area (Å²) in [6, 6.07) is 7.27. The highest BCUT2D eigenvalue weighted by Gasteiger charge is 2.26. The van der Waals surface area contributed by atoms with E-state index in [0.717, 1.165) is 5.56 Å². The summed E-state index contributed by atoms with van der Waals surface area (Å²) in [5.41, 5.74) is 0.780. The Kier molecular flexibility index (Phi) is 4.31. The summed E-state index contributed by atoms with van der Waals surface area (Å²) in [5, 5.41) is 9.73. The van der Waals surface area contributed by atoms with Gasteiger partial charge in [-0.2, -0.15) is 0 Å². The van der Waals surface area contributed by atoms with Crippen LogP contribution in [0, 0.1) is 0 Å². The van der Waals surface area contributed by atoms with Crippen LogP contribution in [0.5, 0.6) is 5.75 Å². The minimum absolute atomic E-state index is 0.372. The molecule has 1 aromatic carbocycles. The van der Waals surface area contributed by atoms with Gasteiger partial charge in [-0.3, -0.25) is 0 Å². The van der Waals surface area contributed by atoms with E-state index < -0.39 is 12.1 Å². The number of para-hydroxylation sites is 1. The molecule has 0 fully saturated rings. The Morgan fingerprint density at radius 1 is 1.31 bits per heavy atom. The molecule has 0 spiro atoms. The van der Waals surface area contributed by atoms with E-state index in [0.29, 0.717) is 5.75 Å². The molecule has 0 aromatic heterocycles. The smallest absolute Gasteiger partial charge is 0.335 e. The maximum absolute atomic E-state index is 11.2. The molecular formula is C12H16O4. The predicted octanol–water partition coefficient (Wildman–Crippen LogP) is 1.33. The zero-order valence-corrected chi connectivity index (χ0v) is 9.64. The minimum atomic E-state index is -1.18. The van der Waals surface area contributed by atoms with Gasteiger partial charge >= 0.3 is 5.97 Å². The SMILES string of the molecule is COC(=O)C(O)C(C)c1ccccc1OC. The van der Waals surface area contributed by atoms with Crippen LogP contribution in [0.2, 0.25) is 0 Å². The van der Waals surface area contributed by atoms with Crippen molar-refractivity contribution in [3.63, 3.8) is 0 Å². The van der Waals surface area contributed by atoms with E-state index in [1.165, 1.54) is 7.11 Å². The van der Waals surface area contributed by atoms with Gasteiger partial charge in [0.05, 0.1) is 14.2 Å². The normalized spacial score (nSPS) is 14.0. The summed E-state index contributed by atoms with van der Waals surface area (Å²) in [6.45, 7) is 1.75. The average Bonchev–Trinajstić information content (AvgIpc) is 2.35. The van der Waals surface area contributed by atoms with Crippen LogP contribution in [-0.2, 0) is 9.53 Å². The molecule has 0 aliphatic rings. The van der Waals surface area contributed by atoms with Gasteiger partial charge in [0.15, 0.2) is 6.10 Å². The number of carbonyl (C=O) groups is 1. The molecule has 0 aliphatic carbocycles. The van der Waals surface area contributed by atoms with Crippen LogP contribution in [0.4, 0.5) is 0 Å². The molecule has 1 N–H and O–H groups in total. The zero-order valence-electron chi connectivity index (χ0n) is 9.64. The molecule has 4 nitrogen and oxygen atoms in total. The highest BCUT2D eigenvalue weighted by atomic mass is 16.5. The van der Waals surface area contributed by atoms with Gasteiger partial charge in [0.1, 0.15) is 5.75 Å². The average molecular weight is 224 g/mol. The standard InChI is InChI=1S/C12H16O4/c1-8(11(13)12(14)16-3)9-6-4-5-7-10(9)15-2/h4-8,11,13H,1-3H3. The number of methoxy groups -OCH3 is 2. The minimum Gasteiger partial charge on any atom is -0.496 e. The highest BCUT2D eigenvalue weighted by molar-refractivity contribution is 5.75. The zero-order chi connectivity index (χ0) is 12.1. The third-order valence-corrected chi connectivity index (χ3v) is 2.55. The van der Waals surface area contributed by atoms with Gasteiger partial charge in [-0.05, 0) is 6.07 Å². The molecule has 0 bridgehead atoms. The first kappa shape index (κ1) is 12.5. The van der Waals surface area contributed by atoms with Crippen molar-refractivity contribution < 1.29 is 19.4 Å². The first-order valence-electron chi connectivity index (χ1n) is 5.00. The van der Waals surface area contributed by atoms with E-state index in [-0.39, 0.29) is 5.92 Å². The lowest BCUT2D eigenvalue weighted by molar-refractivity contribution is -0.151. The molecule has 0 saturated carbocycles. The largest absolute Gasteiger partial charge is 0.496 e. The van der Waals surface area contributed by atoms with E-state index in [2.05, 4.69) is 4.74 Å². The number of aliphatic hydroxyl groups excluding tert-OH is 1. The molecule has 0 aliphatic heterocycles. The number of hydrogen-bond acceptors (Lipinski definition) is 4. The Hall–Kier alpha value is -1.55. The van der Waals surface area contributed by atoms with Crippen LogP contribution in [0.1, 0.15) is 18.4 Å². The number of rotatable bonds is 4. The molecule has 16 heavy (non-hydrogen) atoms. The molecule has 0 heterocycles. The van der Waals surface area contributed by atoms with Gasteiger partial charge < -0.3 is 14.6 Å². The van der Waals surface area contributed by atoms with Crippen LogP contribution < -0.4 is 4.74 Å². The Labute approximate surface area is 94.8 Å². The first-order valence-corrected chi connectivity index (χ1v) is 5.00. The second kappa shape index (κ2) is 5.51. The molecular weight excluding hydrogens is 208 g/mol. The van der Waals surface area contributed by atoms with Gasteiger partial charge in [0.2, 0.25) is 0 Å². The van der Waals surface area contributed by atoms with Crippen molar-refractivity contribution >= 4 is 5.97 Å². The van der Waals surface area contributed by atoms with Crippen molar-refractivity contribution in [1.29, 1.82) is 0 Å². The van der Waals surface area contributed by atoms with Crippen LogP contribution in [0.3, 0.4) is 0 Å². The summed E-state index contributed by atoms with van der Waals surface area (Å²) >= 11 is 0. The molecule has 2 atom stereocenters. The molecule has 2 unspecified atom stereocenters. The van der Waals surface area contributed by atoms with Gasteiger partial charge in [-0.25, -0.2) is 4.79 Å². The fourth-order valence-electron chi connectivity index (χ4n) is 1.54. The van der Waals surface area contributed by atoms with Crippen LogP contribution in [0.15, 0.2) is 24.3 Å². The molecule has 0 radical (unpaired) electrons. The quantitative estimate of drug-likeness (QED) is 0.784. The number of ether oxygens (including phenoxy) is 2. The lowest BCUT2D eigenvalue weighted by atomic mass is 9.94. The molecule has 0 saturated heterocycles. The van der Waals surface area contributed by atoms with Crippen molar-refractivity contribution in [1.82, 2.24) is 0 Å². The Balaban J connectivity index is 2.95. The van der Waals surface area contributed by atoms with E-state index in [1.54, 1.807) is 20.1 Å². The van der Waals surface area contributed by atoms with Crippen molar-refractivity contribution in [2.24, 2.45) is 0 Å². The Morgan fingerprint density at radius 3 is 2.50 bits per heavy atom. The van der Waals surface area contributed by atoms with Crippen LogP contribution in [-0.4, -0.2) is 31.4 Å². The topological polar surface area (TPSA) is 55.8 Å². The predicted molar refractivity (Wildman–Crippen MR) is 59.4 cm³/mol. The van der Waals surface area contributed by atoms with Crippen molar-refractivity contribution in [2.75, 3.05) is 14.2 Å². The fourth-order valence-corrected chi connectivity index (χ4v) is 1.54. The van der Waals surface area contributed by atoms with E-state index in [4.69, 9.17) is 4.74 Å². The van der Waals surface area contributed by atoms with Crippen molar-refractivity contribution in [3.8, 4) is 5.75 Å². The molecule has 1 rings (SSSR count). The second-order valence-electron chi connectivity index (χ2n) is 3.50. The van der Waals surface area contributed by atoms with Crippen molar-refractivity contribution in [2.45, 2.75) is 18.9 Å². The van der Waals surface area contributed by atoms with Gasteiger partial charge in [0.25, 0.3) is 0 Å². The van der Waals surface area contributed by atoms with E-state index >= 15 is 0 Å². The lowest BCUT2D eigenvalue weighted by Crippen LogP contribution is -2.27. The number of aliphatic hydroxyl groups is 1. The van der Waals surface area contributed by atoms with Gasteiger partial charge in [0, 0.05) is 11.5 Å². The maximum atomic E-state index is 11.2.